The summed E-state index contributed by atoms with van der Waals surface area (Å²) in [6.07, 6.45) is 3.69. The number of pyridine rings is 1. The molecule has 1 aromatic carbocycles. The van der Waals surface area contributed by atoms with E-state index in [1.54, 1.807) is 12.3 Å². The van der Waals surface area contributed by atoms with Crippen LogP contribution in [0.15, 0.2) is 52.4 Å². The zero-order valence-corrected chi connectivity index (χ0v) is 13.5. The second-order valence-electron chi connectivity index (χ2n) is 4.71. The van der Waals surface area contributed by atoms with E-state index in [1.165, 1.54) is 11.8 Å². The largest absolute Gasteiger partial charge is 0.431 e. The molecule has 4 aromatic rings. The first kappa shape index (κ1) is 13.9. The van der Waals surface area contributed by atoms with Crippen LogP contribution in [0.1, 0.15) is 5.69 Å². The Morgan fingerprint density at radius 3 is 2.86 bits per heavy atom. The lowest BCUT2D eigenvalue weighted by molar-refractivity contribution is 0.489. The van der Waals surface area contributed by atoms with Crippen molar-refractivity contribution < 1.29 is 4.42 Å². The van der Waals surface area contributed by atoms with Crippen molar-refractivity contribution in [1.29, 1.82) is 0 Å². The van der Waals surface area contributed by atoms with Crippen LogP contribution in [-0.2, 0) is 5.75 Å². The summed E-state index contributed by atoms with van der Waals surface area (Å²) >= 11 is 13.6. The number of nitrogens with zero attached hydrogens (tertiary/aromatic N) is 3. The second-order valence-corrected chi connectivity index (χ2v) is 6.48. The smallest absolute Gasteiger partial charge is 0.257 e. The van der Waals surface area contributed by atoms with Gasteiger partial charge in [0.2, 0.25) is 0 Å². The Morgan fingerprint density at radius 2 is 2.00 bits per heavy atom. The zero-order valence-electron chi connectivity index (χ0n) is 11.2. The van der Waals surface area contributed by atoms with E-state index in [2.05, 4.69) is 9.97 Å². The Bertz CT molecular complexity index is 946. The number of hydrogen-bond acceptors (Lipinski definition) is 4. The molecule has 0 spiro atoms. The highest BCUT2D eigenvalue weighted by atomic mass is 35.5. The first-order chi connectivity index (χ1) is 10.7. The van der Waals surface area contributed by atoms with Gasteiger partial charge in [-0.25, -0.2) is 9.97 Å². The van der Waals surface area contributed by atoms with Crippen LogP contribution in [0, 0.1) is 0 Å². The SMILES string of the molecule is Clc1cc(Cl)c2nc(CSc3nc4ccccc4o3)cn2c1. The van der Waals surface area contributed by atoms with E-state index in [1.807, 2.05) is 34.9 Å². The van der Waals surface area contributed by atoms with E-state index >= 15 is 0 Å². The minimum absolute atomic E-state index is 0.533. The lowest BCUT2D eigenvalue weighted by Gasteiger charge is -1.95. The molecule has 0 saturated carbocycles. The third-order valence-electron chi connectivity index (χ3n) is 3.14. The monoisotopic (exact) mass is 349 g/mol. The third kappa shape index (κ3) is 2.56. The average Bonchev–Trinajstić information content (AvgIpc) is 3.07. The fraction of sp³-hybridized carbons (Fsp3) is 0.0667. The topological polar surface area (TPSA) is 43.3 Å². The first-order valence-corrected chi connectivity index (χ1v) is 8.24. The highest BCUT2D eigenvalue weighted by Gasteiger charge is 2.10. The molecule has 0 saturated heterocycles. The summed E-state index contributed by atoms with van der Waals surface area (Å²) in [4.78, 5) is 8.93. The number of halogens is 2. The molecule has 0 radical (unpaired) electrons. The van der Waals surface area contributed by atoms with Crippen LogP contribution in [-0.4, -0.2) is 14.4 Å². The summed E-state index contributed by atoms with van der Waals surface area (Å²) < 4.78 is 7.50. The number of hydrogen-bond donors (Lipinski definition) is 0. The maximum atomic E-state index is 6.14. The molecular formula is C15H9Cl2N3OS. The molecule has 0 aliphatic rings. The average molecular weight is 350 g/mol. The van der Waals surface area contributed by atoms with Gasteiger partial charge >= 0.3 is 0 Å². The molecule has 110 valence electrons. The van der Waals surface area contributed by atoms with Gasteiger partial charge in [0.25, 0.3) is 5.22 Å². The van der Waals surface area contributed by atoms with Gasteiger partial charge in [0.1, 0.15) is 5.52 Å². The van der Waals surface area contributed by atoms with Crippen molar-refractivity contribution in [3.05, 3.63) is 58.5 Å². The van der Waals surface area contributed by atoms with E-state index in [0.29, 0.717) is 26.7 Å². The molecule has 0 N–H and O–H groups in total. The lowest BCUT2D eigenvalue weighted by Crippen LogP contribution is -1.82. The van der Waals surface area contributed by atoms with Crippen LogP contribution in [0.3, 0.4) is 0 Å². The number of oxazole rings is 1. The lowest BCUT2D eigenvalue weighted by atomic mass is 10.3. The summed E-state index contributed by atoms with van der Waals surface area (Å²) in [5.41, 5.74) is 3.22. The van der Waals surface area contributed by atoms with Crippen molar-refractivity contribution in [3.63, 3.8) is 0 Å². The number of imidazole rings is 1. The molecule has 3 heterocycles. The number of benzene rings is 1. The molecule has 0 fully saturated rings. The Kier molecular flexibility index (Phi) is 3.48. The van der Waals surface area contributed by atoms with Crippen LogP contribution >= 0.6 is 35.0 Å². The van der Waals surface area contributed by atoms with Gasteiger partial charge in [-0.15, -0.1) is 0 Å². The second kappa shape index (κ2) is 5.50. The fourth-order valence-corrected chi connectivity index (χ4v) is 3.44. The summed E-state index contributed by atoms with van der Waals surface area (Å²) in [6.45, 7) is 0. The van der Waals surface area contributed by atoms with Crippen LogP contribution in [0.5, 0.6) is 0 Å². The van der Waals surface area contributed by atoms with Gasteiger partial charge in [-0.2, -0.15) is 0 Å². The maximum absolute atomic E-state index is 6.14. The van der Waals surface area contributed by atoms with Gasteiger partial charge in [0.05, 0.1) is 15.7 Å². The highest BCUT2D eigenvalue weighted by Crippen LogP contribution is 2.27. The predicted octanol–water partition coefficient (Wildman–Crippen LogP) is 5.07. The summed E-state index contributed by atoms with van der Waals surface area (Å²) in [5.74, 6) is 0.641. The normalized spacial score (nSPS) is 11.5. The van der Waals surface area contributed by atoms with Gasteiger partial charge < -0.3 is 8.82 Å². The van der Waals surface area contributed by atoms with E-state index in [-0.39, 0.29) is 0 Å². The van der Waals surface area contributed by atoms with E-state index < -0.39 is 0 Å². The standard InChI is InChI=1S/C15H9Cl2N3OS/c16-9-5-11(17)14-18-10(7-20(14)6-9)8-22-15-19-12-3-1-2-4-13(12)21-15/h1-7H,8H2. The summed E-state index contributed by atoms with van der Waals surface area (Å²) in [6, 6.07) is 9.38. The summed E-state index contributed by atoms with van der Waals surface area (Å²) in [5, 5.41) is 1.74. The molecule has 4 rings (SSSR count). The number of rotatable bonds is 3. The molecule has 0 aliphatic carbocycles. The Labute approximate surface area is 140 Å². The molecule has 0 unspecified atom stereocenters. The van der Waals surface area contributed by atoms with E-state index in [0.717, 1.165) is 16.8 Å². The molecule has 0 bridgehead atoms. The Morgan fingerprint density at radius 1 is 1.14 bits per heavy atom. The molecule has 0 atom stereocenters. The zero-order chi connectivity index (χ0) is 15.1. The maximum Gasteiger partial charge on any atom is 0.257 e. The third-order valence-corrected chi connectivity index (χ3v) is 4.49. The molecule has 7 heteroatoms. The van der Waals surface area contributed by atoms with Gasteiger partial charge in [0, 0.05) is 18.1 Å². The quantitative estimate of drug-likeness (QED) is 0.484. The van der Waals surface area contributed by atoms with E-state index in [9.17, 15) is 0 Å². The van der Waals surface area contributed by atoms with Crippen molar-refractivity contribution in [1.82, 2.24) is 14.4 Å². The highest BCUT2D eigenvalue weighted by molar-refractivity contribution is 7.98. The number of fused-ring (bicyclic) bond motifs is 2. The molecule has 3 aromatic heterocycles. The van der Waals surface area contributed by atoms with Crippen LogP contribution in [0.2, 0.25) is 10.0 Å². The summed E-state index contributed by atoms with van der Waals surface area (Å²) in [7, 11) is 0. The van der Waals surface area contributed by atoms with Crippen molar-refractivity contribution in [2.24, 2.45) is 0 Å². The molecular weight excluding hydrogens is 341 g/mol. The van der Waals surface area contributed by atoms with Crippen LogP contribution in [0.25, 0.3) is 16.7 Å². The van der Waals surface area contributed by atoms with Gasteiger partial charge in [-0.05, 0) is 18.2 Å². The minimum atomic E-state index is 0.533. The van der Waals surface area contributed by atoms with Gasteiger partial charge in [-0.1, -0.05) is 47.1 Å². The fourth-order valence-electron chi connectivity index (χ4n) is 2.19. The van der Waals surface area contributed by atoms with Crippen molar-refractivity contribution in [3.8, 4) is 0 Å². The Balaban J connectivity index is 1.59. The van der Waals surface area contributed by atoms with Crippen molar-refractivity contribution in [2.45, 2.75) is 11.0 Å². The number of aromatic nitrogens is 3. The van der Waals surface area contributed by atoms with Crippen LogP contribution in [0.4, 0.5) is 0 Å². The van der Waals surface area contributed by atoms with Crippen molar-refractivity contribution in [2.75, 3.05) is 0 Å². The van der Waals surface area contributed by atoms with Crippen LogP contribution < -0.4 is 0 Å². The predicted molar refractivity (Wildman–Crippen MR) is 88.8 cm³/mol. The molecule has 4 nitrogen and oxygen atoms in total. The molecule has 22 heavy (non-hydrogen) atoms. The number of para-hydroxylation sites is 2. The minimum Gasteiger partial charge on any atom is -0.431 e. The van der Waals surface area contributed by atoms with E-state index in [4.69, 9.17) is 27.6 Å². The molecule has 0 aliphatic heterocycles. The van der Waals surface area contributed by atoms with Crippen molar-refractivity contribution >= 4 is 51.7 Å². The molecule has 0 amide bonds. The van der Waals surface area contributed by atoms with Gasteiger partial charge in [0.15, 0.2) is 11.2 Å². The van der Waals surface area contributed by atoms with Gasteiger partial charge in [-0.3, -0.25) is 0 Å². The first-order valence-electron chi connectivity index (χ1n) is 6.50. The number of thioether (sulfide) groups is 1. The Hall–Kier alpha value is -1.69.